The van der Waals surface area contributed by atoms with Crippen molar-refractivity contribution in [3.8, 4) is 0 Å². The Kier molecular flexibility index (Phi) is 5.74. The van der Waals surface area contributed by atoms with Gasteiger partial charge >= 0.3 is 6.09 Å². The molecule has 2 N–H and O–H groups in total. The van der Waals surface area contributed by atoms with Gasteiger partial charge in [-0.1, -0.05) is 18.0 Å². The number of hydrogen-bond donors (Lipinski definition) is 2. The standard InChI is InChI=1S/C17H24ClFN2O2/c1-17(2,3)23-16(22)20-10-11-5-4-6-15(11)21-12-7-8-13(18)14(19)9-12/h7-9,11,15,21H,4-6,10H2,1-3H3,(H,20,22). The van der Waals surface area contributed by atoms with Gasteiger partial charge in [-0.2, -0.15) is 0 Å². The molecule has 1 aliphatic rings. The van der Waals surface area contributed by atoms with Crippen LogP contribution in [0.15, 0.2) is 18.2 Å². The van der Waals surface area contributed by atoms with Crippen molar-refractivity contribution in [3.05, 3.63) is 29.0 Å². The minimum Gasteiger partial charge on any atom is -0.444 e. The van der Waals surface area contributed by atoms with E-state index in [4.69, 9.17) is 16.3 Å². The zero-order chi connectivity index (χ0) is 17.0. The van der Waals surface area contributed by atoms with Crippen molar-refractivity contribution in [3.63, 3.8) is 0 Å². The number of hydrogen-bond acceptors (Lipinski definition) is 3. The van der Waals surface area contributed by atoms with Gasteiger partial charge in [-0.05, 0) is 57.7 Å². The summed E-state index contributed by atoms with van der Waals surface area (Å²) >= 11 is 5.70. The largest absolute Gasteiger partial charge is 0.444 e. The van der Waals surface area contributed by atoms with Crippen molar-refractivity contribution in [2.24, 2.45) is 5.92 Å². The first-order valence-electron chi connectivity index (χ1n) is 7.93. The van der Waals surface area contributed by atoms with Gasteiger partial charge in [-0.25, -0.2) is 9.18 Å². The van der Waals surface area contributed by atoms with Crippen LogP contribution in [0.1, 0.15) is 40.0 Å². The van der Waals surface area contributed by atoms with Gasteiger partial charge in [0.1, 0.15) is 11.4 Å². The van der Waals surface area contributed by atoms with Crippen LogP contribution in [0.3, 0.4) is 0 Å². The van der Waals surface area contributed by atoms with Crippen LogP contribution in [0.4, 0.5) is 14.9 Å². The highest BCUT2D eigenvalue weighted by Gasteiger charge is 2.28. The van der Waals surface area contributed by atoms with Crippen molar-refractivity contribution in [1.82, 2.24) is 5.32 Å². The normalized spacial score (nSPS) is 21.1. The third-order valence-electron chi connectivity index (χ3n) is 3.84. The van der Waals surface area contributed by atoms with Crippen molar-refractivity contribution in [1.29, 1.82) is 0 Å². The SMILES string of the molecule is CC(C)(C)OC(=O)NCC1CCCC1Nc1ccc(Cl)c(F)c1. The Labute approximate surface area is 141 Å². The minimum atomic E-state index is -0.502. The van der Waals surface area contributed by atoms with Gasteiger partial charge in [0, 0.05) is 18.3 Å². The zero-order valence-electron chi connectivity index (χ0n) is 13.8. The molecule has 0 aromatic heterocycles. The maximum absolute atomic E-state index is 13.5. The molecule has 0 heterocycles. The summed E-state index contributed by atoms with van der Waals surface area (Å²) in [6, 6.07) is 4.91. The van der Waals surface area contributed by atoms with Gasteiger partial charge in [0.25, 0.3) is 0 Å². The first kappa shape index (κ1) is 17.9. The van der Waals surface area contributed by atoms with Crippen LogP contribution in [0.2, 0.25) is 5.02 Å². The summed E-state index contributed by atoms with van der Waals surface area (Å²) in [5, 5.41) is 6.28. The molecule has 1 fully saturated rings. The fourth-order valence-electron chi connectivity index (χ4n) is 2.80. The molecule has 0 spiro atoms. The number of amides is 1. The monoisotopic (exact) mass is 342 g/mol. The molecule has 0 aliphatic heterocycles. The van der Waals surface area contributed by atoms with E-state index in [9.17, 15) is 9.18 Å². The number of carbonyl (C=O) groups excluding carboxylic acids is 1. The van der Waals surface area contributed by atoms with Gasteiger partial charge in [-0.15, -0.1) is 0 Å². The molecule has 1 aromatic rings. The maximum Gasteiger partial charge on any atom is 0.407 e. The Morgan fingerprint density at radius 2 is 2.13 bits per heavy atom. The van der Waals surface area contributed by atoms with Crippen LogP contribution in [0, 0.1) is 11.7 Å². The quantitative estimate of drug-likeness (QED) is 0.841. The summed E-state index contributed by atoms with van der Waals surface area (Å²) < 4.78 is 18.8. The van der Waals surface area contributed by atoms with Gasteiger partial charge in [0.15, 0.2) is 0 Å². The van der Waals surface area contributed by atoms with E-state index in [1.54, 1.807) is 12.1 Å². The molecule has 1 aromatic carbocycles. The summed E-state index contributed by atoms with van der Waals surface area (Å²) in [7, 11) is 0. The van der Waals surface area contributed by atoms with E-state index in [2.05, 4.69) is 10.6 Å². The third-order valence-corrected chi connectivity index (χ3v) is 4.14. The van der Waals surface area contributed by atoms with Gasteiger partial charge in [0.05, 0.1) is 5.02 Å². The fourth-order valence-corrected chi connectivity index (χ4v) is 2.92. The second-order valence-corrected chi connectivity index (χ2v) is 7.36. The Morgan fingerprint density at radius 3 is 2.78 bits per heavy atom. The predicted molar refractivity (Wildman–Crippen MR) is 90.4 cm³/mol. The molecule has 1 saturated carbocycles. The van der Waals surface area contributed by atoms with E-state index < -0.39 is 17.5 Å². The zero-order valence-corrected chi connectivity index (χ0v) is 14.5. The van der Waals surface area contributed by atoms with Crippen LogP contribution in [0.25, 0.3) is 0 Å². The van der Waals surface area contributed by atoms with Crippen LogP contribution < -0.4 is 10.6 Å². The first-order valence-corrected chi connectivity index (χ1v) is 8.31. The Hall–Kier alpha value is -1.49. The fraction of sp³-hybridized carbons (Fsp3) is 0.588. The molecule has 2 unspecified atom stereocenters. The highest BCUT2D eigenvalue weighted by molar-refractivity contribution is 6.30. The van der Waals surface area contributed by atoms with Gasteiger partial charge in [0.2, 0.25) is 0 Å². The molecule has 4 nitrogen and oxygen atoms in total. The Balaban J connectivity index is 1.87. The molecule has 2 atom stereocenters. The van der Waals surface area contributed by atoms with E-state index in [1.807, 2.05) is 20.8 Å². The lowest BCUT2D eigenvalue weighted by atomic mass is 10.0. The molecule has 23 heavy (non-hydrogen) atoms. The van der Waals surface area contributed by atoms with E-state index in [1.165, 1.54) is 6.07 Å². The molecule has 1 aliphatic carbocycles. The molecule has 0 saturated heterocycles. The smallest absolute Gasteiger partial charge is 0.407 e. The Morgan fingerprint density at radius 1 is 1.39 bits per heavy atom. The van der Waals surface area contributed by atoms with Gasteiger partial charge in [-0.3, -0.25) is 0 Å². The van der Waals surface area contributed by atoms with E-state index in [0.29, 0.717) is 18.2 Å². The second kappa shape index (κ2) is 7.39. The first-order chi connectivity index (χ1) is 10.7. The predicted octanol–water partition coefficient (Wildman–Crippen LogP) is 4.58. The summed E-state index contributed by atoms with van der Waals surface area (Å²) in [5.74, 6) is -0.139. The lowest BCUT2D eigenvalue weighted by Gasteiger charge is -2.24. The summed E-state index contributed by atoms with van der Waals surface area (Å²) in [5.41, 5.74) is 0.208. The van der Waals surface area contributed by atoms with E-state index >= 15 is 0 Å². The Bertz CT molecular complexity index is 560. The topological polar surface area (TPSA) is 50.4 Å². The van der Waals surface area contributed by atoms with Crippen molar-refractivity contribution in [2.75, 3.05) is 11.9 Å². The van der Waals surface area contributed by atoms with Crippen LogP contribution in [0.5, 0.6) is 0 Å². The molecular formula is C17H24ClFN2O2. The van der Waals surface area contributed by atoms with Gasteiger partial charge < -0.3 is 15.4 Å². The number of anilines is 1. The number of nitrogens with one attached hydrogen (secondary N) is 2. The number of rotatable bonds is 4. The summed E-state index contributed by atoms with van der Waals surface area (Å²) in [4.78, 5) is 11.7. The van der Waals surface area contributed by atoms with Crippen LogP contribution in [-0.2, 0) is 4.74 Å². The van der Waals surface area contributed by atoms with Crippen LogP contribution in [-0.4, -0.2) is 24.3 Å². The van der Waals surface area contributed by atoms with Crippen molar-refractivity contribution >= 4 is 23.4 Å². The van der Waals surface area contributed by atoms with Crippen molar-refractivity contribution in [2.45, 2.75) is 51.7 Å². The molecule has 0 radical (unpaired) electrons. The summed E-state index contributed by atoms with van der Waals surface area (Å²) in [6.45, 7) is 6.05. The van der Waals surface area contributed by atoms with Crippen LogP contribution >= 0.6 is 11.6 Å². The number of halogens is 2. The van der Waals surface area contributed by atoms with Crippen molar-refractivity contribution < 1.29 is 13.9 Å². The third kappa shape index (κ3) is 5.57. The van der Waals surface area contributed by atoms with E-state index in [-0.39, 0.29) is 11.1 Å². The highest BCUT2D eigenvalue weighted by atomic mass is 35.5. The van der Waals surface area contributed by atoms with E-state index in [0.717, 1.165) is 19.3 Å². The molecule has 0 bridgehead atoms. The second-order valence-electron chi connectivity index (χ2n) is 6.95. The molecular weight excluding hydrogens is 319 g/mol. The average Bonchev–Trinajstić information content (AvgIpc) is 2.86. The lowest BCUT2D eigenvalue weighted by Crippen LogP contribution is -2.38. The maximum atomic E-state index is 13.5. The minimum absolute atomic E-state index is 0.116. The summed E-state index contributed by atoms with van der Waals surface area (Å²) in [6.07, 6.45) is 2.68. The number of carbonyl (C=O) groups is 1. The molecule has 128 valence electrons. The highest BCUT2D eigenvalue weighted by Crippen LogP contribution is 2.29. The number of ether oxygens (including phenoxy) is 1. The average molecular weight is 343 g/mol. The number of benzene rings is 1. The number of alkyl carbamates (subject to hydrolysis) is 1. The molecule has 2 rings (SSSR count). The molecule has 1 amide bonds. The lowest BCUT2D eigenvalue weighted by molar-refractivity contribution is 0.0519. The molecule has 6 heteroatoms.